The lowest BCUT2D eigenvalue weighted by atomic mass is 9.96. The summed E-state index contributed by atoms with van der Waals surface area (Å²) in [4.78, 5) is 0. The molecule has 0 heterocycles. The van der Waals surface area contributed by atoms with E-state index in [1.165, 1.54) is 24.3 Å². The number of hydrogen-bond donors (Lipinski definition) is 3. The lowest BCUT2D eigenvalue weighted by Gasteiger charge is -2.19. The normalized spacial score (nSPS) is 13.3. The van der Waals surface area contributed by atoms with Gasteiger partial charge in [0.2, 0.25) is 0 Å². The van der Waals surface area contributed by atoms with Crippen LogP contribution in [0.15, 0.2) is 66.7 Å². The monoisotopic (exact) mass is 437 g/mol. The zero-order chi connectivity index (χ0) is 23.1. The van der Waals surface area contributed by atoms with Gasteiger partial charge >= 0.3 is 0 Å². The molecule has 3 aromatic carbocycles. The first-order chi connectivity index (χ1) is 15.3. The van der Waals surface area contributed by atoms with Crippen LogP contribution in [0.2, 0.25) is 0 Å². The molecule has 3 aromatic rings. The number of nitrogens with two attached hydrogens (primary N) is 2. The topological polar surface area (TPSA) is 64.1 Å². The van der Waals surface area contributed by atoms with E-state index in [4.69, 9.17) is 11.5 Å². The highest BCUT2D eigenvalue weighted by Gasteiger charge is 2.11. The summed E-state index contributed by atoms with van der Waals surface area (Å²) in [7, 11) is 0. The first-order valence-corrected chi connectivity index (χ1v) is 11.2. The molecule has 3 rings (SSSR count). The number of rotatable bonds is 10. The van der Waals surface area contributed by atoms with E-state index >= 15 is 0 Å². The summed E-state index contributed by atoms with van der Waals surface area (Å²) in [5.41, 5.74) is 17.3. The molecule has 32 heavy (non-hydrogen) atoms. The van der Waals surface area contributed by atoms with Gasteiger partial charge < -0.3 is 16.8 Å². The molecule has 2 atom stereocenters. The van der Waals surface area contributed by atoms with E-state index in [1.807, 2.05) is 6.07 Å². The number of hydrogen-bond acceptors (Lipinski definition) is 3. The van der Waals surface area contributed by atoms with Crippen molar-refractivity contribution in [2.75, 3.05) is 6.54 Å². The van der Waals surface area contributed by atoms with Crippen molar-refractivity contribution < 1.29 is 8.78 Å². The highest BCUT2D eigenvalue weighted by molar-refractivity contribution is 5.74. The molecule has 0 aliphatic carbocycles. The average molecular weight is 438 g/mol. The van der Waals surface area contributed by atoms with Crippen LogP contribution in [0.5, 0.6) is 0 Å². The number of halogens is 2. The molecule has 0 saturated carbocycles. The van der Waals surface area contributed by atoms with Crippen LogP contribution in [0, 0.1) is 17.6 Å². The molecule has 0 aromatic heterocycles. The van der Waals surface area contributed by atoms with Gasteiger partial charge in [-0.05, 0) is 89.0 Å². The molecule has 5 heteroatoms. The van der Waals surface area contributed by atoms with Crippen molar-refractivity contribution in [1.82, 2.24) is 5.32 Å². The Morgan fingerprint density at radius 1 is 0.719 bits per heavy atom. The van der Waals surface area contributed by atoms with Gasteiger partial charge in [0.05, 0.1) is 0 Å². The minimum absolute atomic E-state index is 0.0386. The lowest BCUT2D eigenvalue weighted by molar-refractivity contribution is 0.421. The highest BCUT2D eigenvalue weighted by atomic mass is 19.1. The Morgan fingerprint density at radius 3 is 1.69 bits per heavy atom. The molecule has 0 spiro atoms. The van der Waals surface area contributed by atoms with Crippen LogP contribution in [-0.4, -0.2) is 18.6 Å². The van der Waals surface area contributed by atoms with E-state index in [2.05, 4.69) is 31.3 Å². The quantitative estimate of drug-likeness (QED) is 0.394. The van der Waals surface area contributed by atoms with Crippen molar-refractivity contribution in [2.45, 2.75) is 45.3 Å². The largest absolute Gasteiger partial charge is 0.327 e. The van der Waals surface area contributed by atoms with Gasteiger partial charge in [0.1, 0.15) is 11.6 Å². The standard InChI is InChI=1S/C27H33F2N3/c1-18(2)27(31)12-11-26(30)17-32-16-19-13-22(20-3-7-24(28)8-4-20)15-23(14-19)21-5-9-25(29)10-6-21/h3-10,13-15,18,26-27,32H,11-12,16-17,30-31H2,1-2H3. The Morgan fingerprint density at radius 2 is 1.22 bits per heavy atom. The van der Waals surface area contributed by atoms with Crippen molar-refractivity contribution >= 4 is 0 Å². The van der Waals surface area contributed by atoms with Crippen LogP contribution >= 0.6 is 0 Å². The van der Waals surface area contributed by atoms with Gasteiger partial charge in [-0.15, -0.1) is 0 Å². The Bertz CT molecular complexity index is 921. The second-order valence-corrected chi connectivity index (χ2v) is 8.81. The van der Waals surface area contributed by atoms with Crippen LogP contribution in [-0.2, 0) is 6.54 Å². The summed E-state index contributed by atoms with van der Waals surface area (Å²) in [6, 6.07) is 19.3. The fourth-order valence-electron chi connectivity index (χ4n) is 3.66. The van der Waals surface area contributed by atoms with Gasteiger partial charge in [-0.3, -0.25) is 0 Å². The van der Waals surface area contributed by atoms with Crippen LogP contribution in [0.3, 0.4) is 0 Å². The summed E-state index contributed by atoms with van der Waals surface area (Å²) in [5.74, 6) is -0.0813. The first-order valence-electron chi connectivity index (χ1n) is 11.2. The summed E-state index contributed by atoms with van der Waals surface area (Å²) < 4.78 is 26.8. The second kappa shape index (κ2) is 11.3. The summed E-state index contributed by atoms with van der Waals surface area (Å²) >= 11 is 0. The molecule has 0 amide bonds. The minimum atomic E-state index is -0.267. The molecule has 0 aliphatic heterocycles. The Balaban J connectivity index is 1.74. The molecule has 170 valence electrons. The lowest BCUT2D eigenvalue weighted by Crippen LogP contribution is -2.36. The van der Waals surface area contributed by atoms with Crippen molar-refractivity contribution in [3.8, 4) is 22.3 Å². The van der Waals surface area contributed by atoms with Crippen molar-refractivity contribution in [2.24, 2.45) is 17.4 Å². The second-order valence-electron chi connectivity index (χ2n) is 8.81. The number of benzene rings is 3. The maximum absolute atomic E-state index is 13.4. The fraction of sp³-hybridized carbons (Fsp3) is 0.333. The van der Waals surface area contributed by atoms with Crippen LogP contribution in [0.4, 0.5) is 8.78 Å². The smallest absolute Gasteiger partial charge is 0.123 e. The Hall–Kier alpha value is -2.60. The van der Waals surface area contributed by atoms with E-state index in [0.717, 1.165) is 40.7 Å². The molecule has 5 N–H and O–H groups in total. The molecule has 3 nitrogen and oxygen atoms in total. The van der Waals surface area contributed by atoms with Crippen molar-refractivity contribution in [3.63, 3.8) is 0 Å². The van der Waals surface area contributed by atoms with Gasteiger partial charge in [-0.2, -0.15) is 0 Å². The molecule has 0 saturated heterocycles. The molecule has 0 fully saturated rings. The zero-order valence-corrected chi connectivity index (χ0v) is 18.8. The fourth-order valence-corrected chi connectivity index (χ4v) is 3.66. The Kier molecular flexibility index (Phi) is 8.51. The summed E-state index contributed by atoms with van der Waals surface area (Å²) in [6.07, 6.45) is 1.79. The average Bonchev–Trinajstić information content (AvgIpc) is 2.78. The van der Waals surface area contributed by atoms with Gasteiger partial charge in [0.15, 0.2) is 0 Å². The van der Waals surface area contributed by atoms with E-state index in [0.29, 0.717) is 19.0 Å². The van der Waals surface area contributed by atoms with E-state index in [1.54, 1.807) is 24.3 Å². The van der Waals surface area contributed by atoms with E-state index < -0.39 is 0 Å². The zero-order valence-electron chi connectivity index (χ0n) is 18.8. The third-order valence-corrected chi connectivity index (χ3v) is 5.81. The van der Waals surface area contributed by atoms with Crippen LogP contribution in [0.1, 0.15) is 32.3 Å². The molecule has 0 bridgehead atoms. The first kappa shape index (κ1) is 24.1. The van der Waals surface area contributed by atoms with Crippen LogP contribution in [0.25, 0.3) is 22.3 Å². The van der Waals surface area contributed by atoms with E-state index in [9.17, 15) is 8.78 Å². The summed E-state index contributed by atoms with van der Waals surface area (Å²) in [5, 5.41) is 3.44. The minimum Gasteiger partial charge on any atom is -0.327 e. The highest BCUT2D eigenvalue weighted by Crippen LogP contribution is 2.29. The number of nitrogens with one attached hydrogen (secondary N) is 1. The predicted molar refractivity (Wildman–Crippen MR) is 129 cm³/mol. The SMILES string of the molecule is CC(C)C(N)CCC(N)CNCc1cc(-c2ccc(F)cc2)cc(-c2ccc(F)cc2)c1. The maximum atomic E-state index is 13.4. The van der Waals surface area contributed by atoms with Crippen molar-refractivity contribution in [3.05, 3.63) is 83.9 Å². The molecular weight excluding hydrogens is 404 g/mol. The predicted octanol–water partition coefficient (Wildman–Crippen LogP) is 5.48. The van der Waals surface area contributed by atoms with E-state index in [-0.39, 0.29) is 23.7 Å². The van der Waals surface area contributed by atoms with Crippen LogP contribution < -0.4 is 16.8 Å². The van der Waals surface area contributed by atoms with Crippen molar-refractivity contribution in [1.29, 1.82) is 0 Å². The Labute approximate surface area is 189 Å². The third kappa shape index (κ3) is 6.95. The van der Waals surface area contributed by atoms with Gasteiger partial charge in [0.25, 0.3) is 0 Å². The third-order valence-electron chi connectivity index (χ3n) is 5.81. The summed E-state index contributed by atoms with van der Waals surface area (Å²) in [6.45, 7) is 5.59. The molecule has 0 aliphatic rings. The molecule has 0 radical (unpaired) electrons. The van der Waals surface area contributed by atoms with Gasteiger partial charge in [0, 0.05) is 25.2 Å². The molecule has 2 unspecified atom stereocenters. The molecular formula is C27H33F2N3. The van der Waals surface area contributed by atoms with Gasteiger partial charge in [-0.25, -0.2) is 8.78 Å². The maximum Gasteiger partial charge on any atom is 0.123 e. The van der Waals surface area contributed by atoms with Gasteiger partial charge in [-0.1, -0.05) is 38.1 Å².